The minimum atomic E-state index is 1.11. The van der Waals surface area contributed by atoms with Gasteiger partial charge in [0, 0.05) is 4.47 Å². The lowest BCUT2D eigenvalue weighted by Crippen LogP contribution is -1.99. The third kappa shape index (κ3) is 3.11. The highest BCUT2D eigenvalue weighted by Gasteiger charge is 1.90. The van der Waals surface area contributed by atoms with Gasteiger partial charge in [0.1, 0.15) is 7.85 Å². The van der Waals surface area contributed by atoms with Crippen molar-refractivity contribution in [3.63, 3.8) is 0 Å². The minimum absolute atomic E-state index is 1.11. The largest absolute Gasteiger partial charge is 0.139 e. The lowest BCUT2D eigenvalue weighted by Gasteiger charge is -1.97. The molecule has 0 nitrogen and oxygen atoms in total. The van der Waals surface area contributed by atoms with Crippen molar-refractivity contribution in [2.24, 2.45) is 0 Å². The summed E-state index contributed by atoms with van der Waals surface area (Å²) in [5, 5.41) is 0. The molecule has 0 N–H and O–H groups in total. The van der Waals surface area contributed by atoms with Crippen molar-refractivity contribution in [3.8, 4) is 0 Å². The van der Waals surface area contributed by atoms with Gasteiger partial charge < -0.3 is 0 Å². The van der Waals surface area contributed by atoms with Gasteiger partial charge in [-0.05, 0) is 23.3 Å². The average molecular weight is 271 g/mol. The van der Waals surface area contributed by atoms with Gasteiger partial charge in [-0.1, -0.05) is 69.9 Å². The molecule has 2 aromatic rings. The molecule has 2 aromatic carbocycles. The number of rotatable bonds is 2. The van der Waals surface area contributed by atoms with Crippen LogP contribution in [-0.4, -0.2) is 7.85 Å². The van der Waals surface area contributed by atoms with Crippen LogP contribution in [0.2, 0.25) is 0 Å². The van der Waals surface area contributed by atoms with Crippen molar-refractivity contribution >= 4 is 41.4 Å². The van der Waals surface area contributed by atoms with Crippen LogP contribution in [0, 0.1) is 0 Å². The fourth-order valence-electron chi connectivity index (χ4n) is 1.58. The van der Waals surface area contributed by atoms with E-state index in [9.17, 15) is 0 Å². The fourth-order valence-corrected chi connectivity index (χ4v) is 1.99. The molecular weight excluding hydrogens is 259 g/mol. The summed E-state index contributed by atoms with van der Waals surface area (Å²) in [6.45, 7) is 0. The maximum Gasteiger partial charge on any atom is 0.139 e. The van der Waals surface area contributed by atoms with E-state index in [4.69, 9.17) is 0 Å². The van der Waals surface area contributed by atoms with Crippen LogP contribution in [-0.2, 0) is 0 Å². The van der Waals surface area contributed by atoms with Crippen LogP contribution in [0.15, 0.2) is 53.0 Å². The second kappa shape index (κ2) is 5.17. The molecule has 2 heteroatoms. The quantitative estimate of drug-likeness (QED) is 0.582. The van der Waals surface area contributed by atoms with Crippen LogP contribution < -0.4 is 5.46 Å². The summed E-state index contributed by atoms with van der Waals surface area (Å²) < 4.78 is 1.11. The third-order valence-electron chi connectivity index (χ3n) is 2.36. The summed E-state index contributed by atoms with van der Waals surface area (Å²) in [4.78, 5) is 0. The number of halogens is 1. The highest BCUT2D eigenvalue weighted by molar-refractivity contribution is 9.10. The molecular formula is C14H12BBr. The first kappa shape index (κ1) is 11.2. The van der Waals surface area contributed by atoms with Crippen LogP contribution in [0.1, 0.15) is 11.1 Å². The SMILES string of the molecule is Bc1cccc(/C=C/c2cccc(Br)c2)c1. The second-order valence-corrected chi connectivity index (χ2v) is 4.72. The minimum Gasteiger partial charge on any atom is -0.0884 e. The molecule has 0 saturated carbocycles. The van der Waals surface area contributed by atoms with Gasteiger partial charge in [0.25, 0.3) is 0 Å². The topological polar surface area (TPSA) is 0 Å². The predicted octanol–water partition coefficient (Wildman–Crippen LogP) is 2.88. The van der Waals surface area contributed by atoms with Gasteiger partial charge in [0.05, 0.1) is 0 Å². The Morgan fingerprint density at radius 3 is 2.12 bits per heavy atom. The normalized spacial score (nSPS) is 10.8. The van der Waals surface area contributed by atoms with Crippen molar-refractivity contribution in [2.45, 2.75) is 0 Å². The van der Waals surface area contributed by atoms with Crippen molar-refractivity contribution in [2.75, 3.05) is 0 Å². The number of hydrogen-bond donors (Lipinski definition) is 0. The van der Waals surface area contributed by atoms with E-state index >= 15 is 0 Å². The van der Waals surface area contributed by atoms with E-state index in [1.54, 1.807) is 0 Å². The highest BCUT2D eigenvalue weighted by Crippen LogP contribution is 2.14. The molecule has 78 valence electrons. The molecule has 0 radical (unpaired) electrons. The van der Waals surface area contributed by atoms with Gasteiger partial charge in [0.15, 0.2) is 0 Å². The molecule has 0 unspecified atom stereocenters. The van der Waals surface area contributed by atoms with E-state index in [0.717, 1.165) is 4.47 Å². The maximum absolute atomic E-state index is 3.47. The fraction of sp³-hybridized carbons (Fsp3) is 0. The Bertz CT molecular complexity index is 470. The zero-order valence-corrected chi connectivity index (χ0v) is 10.7. The Hall–Kier alpha value is -1.28. The molecule has 0 atom stereocenters. The Morgan fingerprint density at radius 1 is 0.875 bits per heavy atom. The van der Waals surface area contributed by atoms with E-state index in [2.05, 4.69) is 72.3 Å². The van der Waals surface area contributed by atoms with Crippen LogP contribution >= 0.6 is 15.9 Å². The van der Waals surface area contributed by atoms with Crippen LogP contribution in [0.25, 0.3) is 12.2 Å². The molecule has 0 amide bonds. The standard InChI is InChI=1S/C14H12BBr/c15-13-5-1-3-11(9-13)7-8-12-4-2-6-14(16)10-12/h1-10H,15H2/b8-7+. The van der Waals surface area contributed by atoms with Gasteiger partial charge in [0.2, 0.25) is 0 Å². The van der Waals surface area contributed by atoms with Gasteiger partial charge in [-0.3, -0.25) is 0 Å². The Labute approximate surface area is 106 Å². The van der Waals surface area contributed by atoms with Crippen molar-refractivity contribution in [1.29, 1.82) is 0 Å². The second-order valence-electron chi connectivity index (χ2n) is 3.80. The molecule has 0 aliphatic rings. The first-order chi connectivity index (χ1) is 7.74. The van der Waals surface area contributed by atoms with E-state index in [-0.39, 0.29) is 0 Å². The summed E-state index contributed by atoms with van der Waals surface area (Å²) in [7, 11) is 2.11. The lowest BCUT2D eigenvalue weighted by molar-refractivity contribution is 1.61. The monoisotopic (exact) mass is 270 g/mol. The van der Waals surface area contributed by atoms with Gasteiger partial charge in [-0.2, -0.15) is 0 Å². The van der Waals surface area contributed by atoms with E-state index < -0.39 is 0 Å². The maximum atomic E-state index is 3.47. The average Bonchev–Trinajstić information content (AvgIpc) is 2.27. The van der Waals surface area contributed by atoms with Crippen LogP contribution in [0.4, 0.5) is 0 Å². The summed E-state index contributed by atoms with van der Waals surface area (Å²) in [5.74, 6) is 0. The molecule has 0 spiro atoms. The summed E-state index contributed by atoms with van der Waals surface area (Å²) in [6, 6.07) is 16.7. The highest BCUT2D eigenvalue weighted by atomic mass is 79.9. The first-order valence-electron chi connectivity index (χ1n) is 5.24. The van der Waals surface area contributed by atoms with Gasteiger partial charge >= 0.3 is 0 Å². The Morgan fingerprint density at radius 2 is 1.50 bits per heavy atom. The zero-order chi connectivity index (χ0) is 11.4. The zero-order valence-electron chi connectivity index (χ0n) is 9.15. The molecule has 0 heterocycles. The van der Waals surface area contributed by atoms with Crippen molar-refractivity contribution < 1.29 is 0 Å². The molecule has 0 saturated heterocycles. The van der Waals surface area contributed by atoms with Gasteiger partial charge in [-0.25, -0.2) is 0 Å². The van der Waals surface area contributed by atoms with E-state index in [1.165, 1.54) is 16.6 Å². The number of hydrogen-bond acceptors (Lipinski definition) is 0. The predicted molar refractivity (Wildman–Crippen MR) is 77.7 cm³/mol. The van der Waals surface area contributed by atoms with E-state index in [1.807, 2.05) is 12.1 Å². The molecule has 0 aliphatic carbocycles. The molecule has 0 fully saturated rings. The van der Waals surface area contributed by atoms with Crippen molar-refractivity contribution in [1.82, 2.24) is 0 Å². The Kier molecular flexibility index (Phi) is 3.63. The molecule has 0 bridgehead atoms. The molecule has 16 heavy (non-hydrogen) atoms. The lowest BCUT2D eigenvalue weighted by atomic mass is 9.94. The smallest absolute Gasteiger partial charge is 0.0884 e. The Balaban J connectivity index is 2.21. The molecule has 2 rings (SSSR count). The molecule has 0 aromatic heterocycles. The third-order valence-corrected chi connectivity index (χ3v) is 2.85. The first-order valence-corrected chi connectivity index (χ1v) is 6.04. The summed E-state index contributed by atoms with van der Waals surface area (Å²) in [5.41, 5.74) is 3.73. The van der Waals surface area contributed by atoms with Gasteiger partial charge in [-0.15, -0.1) is 0 Å². The molecule has 0 aliphatic heterocycles. The summed E-state index contributed by atoms with van der Waals surface area (Å²) >= 11 is 3.47. The van der Waals surface area contributed by atoms with Crippen molar-refractivity contribution in [3.05, 3.63) is 64.1 Å². The van der Waals surface area contributed by atoms with Crippen LogP contribution in [0.3, 0.4) is 0 Å². The van der Waals surface area contributed by atoms with E-state index in [0.29, 0.717) is 0 Å². The van der Waals surface area contributed by atoms with Crippen LogP contribution in [0.5, 0.6) is 0 Å². The number of benzene rings is 2. The summed E-state index contributed by atoms with van der Waals surface area (Å²) in [6.07, 6.45) is 4.26.